The third-order valence-corrected chi connectivity index (χ3v) is 1.73. The molecule has 1 aromatic rings. The number of carboxylic acid groups (broad SMARTS) is 1. The zero-order chi connectivity index (χ0) is 10.6. The van der Waals surface area contributed by atoms with Gasteiger partial charge in [0.2, 0.25) is 0 Å². The summed E-state index contributed by atoms with van der Waals surface area (Å²) >= 11 is 0. The molecule has 1 rings (SSSR count). The van der Waals surface area contributed by atoms with Crippen LogP contribution >= 0.6 is 0 Å². The van der Waals surface area contributed by atoms with E-state index in [4.69, 9.17) is 5.11 Å². The quantitative estimate of drug-likeness (QED) is 0.549. The van der Waals surface area contributed by atoms with E-state index in [2.05, 4.69) is 4.74 Å². The predicted molar refractivity (Wildman–Crippen MR) is 52.6 cm³/mol. The fourth-order valence-corrected chi connectivity index (χ4v) is 1.05. The normalized spacial score (nSPS) is 9.21. The second-order valence-corrected chi connectivity index (χ2v) is 2.76. The first-order chi connectivity index (χ1) is 6.63. The van der Waals surface area contributed by atoms with E-state index >= 15 is 0 Å². The minimum absolute atomic E-state index is 0.0402. The highest BCUT2D eigenvalue weighted by Gasteiger charge is 2.07. The molecule has 0 heterocycles. The average Bonchev–Trinajstić information content (AvgIpc) is 2.17. The van der Waals surface area contributed by atoms with Gasteiger partial charge in [-0.25, -0.2) is 4.79 Å². The Morgan fingerprint density at radius 2 is 1.86 bits per heavy atom. The molecule has 0 saturated heterocycles. The molecule has 1 aromatic carbocycles. The molecule has 0 fully saturated rings. The van der Waals surface area contributed by atoms with Crippen molar-refractivity contribution in [1.29, 1.82) is 0 Å². The van der Waals surface area contributed by atoms with Crippen molar-refractivity contribution >= 4 is 24.6 Å². The molecule has 14 heavy (non-hydrogen) atoms. The van der Waals surface area contributed by atoms with Gasteiger partial charge in [0.25, 0.3) is 13.1 Å². The molecule has 0 saturated carbocycles. The summed E-state index contributed by atoms with van der Waals surface area (Å²) in [6, 6.07) is 6.29. The van der Waals surface area contributed by atoms with Crippen molar-refractivity contribution in [2.24, 2.45) is 0 Å². The smallest absolute Gasteiger partial charge is 0.337 e. The van der Waals surface area contributed by atoms with E-state index in [1.54, 1.807) is 24.3 Å². The highest BCUT2D eigenvalue weighted by Crippen LogP contribution is 1.98. The van der Waals surface area contributed by atoms with Gasteiger partial charge in [-0.3, -0.25) is 4.79 Å². The van der Waals surface area contributed by atoms with Gasteiger partial charge in [-0.1, -0.05) is 17.6 Å². The minimum Gasteiger partial charge on any atom is -0.489 e. The summed E-state index contributed by atoms with van der Waals surface area (Å²) in [6.45, 7) is 0. The molecule has 5 heteroatoms. The molecule has 0 amide bonds. The van der Waals surface area contributed by atoms with Crippen LogP contribution < -0.4 is 5.46 Å². The lowest BCUT2D eigenvalue weighted by Gasteiger charge is -1.99. The van der Waals surface area contributed by atoms with Gasteiger partial charge in [0, 0.05) is 0 Å². The molecule has 0 spiro atoms. The molecule has 0 aromatic heterocycles. The van der Waals surface area contributed by atoms with Crippen molar-refractivity contribution in [3.63, 3.8) is 0 Å². The highest BCUT2D eigenvalue weighted by atomic mass is 16.5. The number of ether oxygens (including phenoxy) is 1. The number of rotatable bonds is 3. The molecule has 0 atom stereocenters. The first kappa shape index (κ1) is 10.3. The van der Waals surface area contributed by atoms with Crippen molar-refractivity contribution in [3.05, 3.63) is 29.8 Å². The number of esters is 1. The highest BCUT2D eigenvalue weighted by molar-refractivity contribution is 6.82. The molecule has 1 N–H and O–H groups in total. The van der Waals surface area contributed by atoms with Crippen LogP contribution in [0.1, 0.15) is 10.4 Å². The first-order valence-electron chi connectivity index (χ1n) is 4.02. The number of hydrogen-bond acceptors (Lipinski definition) is 3. The molecule has 4 nitrogen and oxygen atoms in total. The van der Waals surface area contributed by atoms with Crippen molar-refractivity contribution < 1.29 is 19.4 Å². The van der Waals surface area contributed by atoms with Gasteiger partial charge in [-0.05, 0) is 12.1 Å². The topological polar surface area (TPSA) is 63.6 Å². The monoisotopic (exact) mass is 192 g/mol. The Bertz CT molecular complexity index is 344. The van der Waals surface area contributed by atoms with Gasteiger partial charge in [0.15, 0.2) is 0 Å². The lowest BCUT2D eigenvalue weighted by atomic mass is 9.70. The van der Waals surface area contributed by atoms with E-state index in [0.29, 0.717) is 11.0 Å². The van der Waals surface area contributed by atoms with E-state index in [1.165, 1.54) is 7.11 Å². The molecular formula is C9H9BO4. The summed E-state index contributed by atoms with van der Waals surface area (Å²) in [5.74, 6) is -1.32. The Kier molecular flexibility index (Phi) is 3.28. The standard InChI is InChI=1S/C9H9BO4/c1-14-8(11)6-2-4-7(5-3-6)10-9(12)13/h2-5,10H,1H3,(H,12,13). The molecule has 0 bridgehead atoms. The second kappa shape index (κ2) is 4.46. The van der Waals surface area contributed by atoms with Crippen LogP contribution in [-0.4, -0.2) is 31.3 Å². The zero-order valence-electron chi connectivity index (χ0n) is 7.69. The Labute approximate surface area is 81.7 Å². The number of carbonyl (C=O) groups is 2. The SMILES string of the molecule is COC(=O)c1ccc(BC(=O)O)cc1. The summed E-state index contributed by atoms with van der Waals surface area (Å²) in [7, 11) is 1.26. The predicted octanol–water partition coefficient (Wildman–Crippen LogP) is 0.213. The summed E-state index contributed by atoms with van der Waals surface area (Å²) in [4.78, 5) is 21.4. The first-order valence-corrected chi connectivity index (χ1v) is 4.02. The van der Waals surface area contributed by atoms with Gasteiger partial charge in [-0.2, -0.15) is 0 Å². The molecule has 0 unspecified atom stereocenters. The third kappa shape index (κ3) is 2.62. The van der Waals surface area contributed by atoms with Crippen molar-refractivity contribution in [2.75, 3.05) is 7.11 Å². The molecule has 0 radical (unpaired) electrons. The van der Waals surface area contributed by atoms with E-state index in [-0.39, 0.29) is 7.28 Å². The molecule has 72 valence electrons. The summed E-state index contributed by atoms with van der Waals surface area (Å²) in [6.07, 6.45) is 0. The van der Waals surface area contributed by atoms with Gasteiger partial charge in [-0.15, -0.1) is 0 Å². The lowest BCUT2D eigenvalue weighted by Crippen LogP contribution is -2.21. The third-order valence-electron chi connectivity index (χ3n) is 1.73. The van der Waals surface area contributed by atoms with Crippen LogP contribution in [0.15, 0.2) is 24.3 Å². The Morgan fingerprint density at radius 1 is 1.29 bits per heavy atom. The fraction of sp³-hybridized carbons (Fsp3) is 0.111. The van der Waals surface area contributed by atoms with Crippen LogP contribution in [0.3, 0.4) is 0 Å². The van der Waals surface area contributed by atoms with Gasteiger partial charge in [0.1, 0.15) is 0 Å². The number of methoxy groups -OCH3 is 1. The average molecular weight is 192 g/mol. The maximum atomic E-state index is 11.0. The van der Waals surface area contributed by atoms with Crippen LogP contribution in [0.5, 0.6) is 0 Å². The summed E-state index contributed by atoms with van der Waals surface area (Å²) in [5, 5.41) is 8.50. The van der Waals surface area contributed by atoms with E-state index in [1.807, 2.05) is 0 Å². The Morgan fingerprint density at radius 3 is 2.29 bits per heavy atom. The van der Waals surface area contributed by atoms with Crippen LogP contribution in [-0.2, 0) is 4.74 Å². The van der Waals surface area contributed by atoms with Crippen LogP contribution in [0.4, 0.5) is 4.79 Å². The summed E-state index contributed by atoms with van der Waals surface area (Å²) in [5.41, 5.74) is 1.08. The second-order valence-electron chi connectivity index (χ2n) is 2.76. The largest absolute Gasteiger partial charge is 0.489 e. The molecule has 0 aliphatic carbocycles. The maximum Gasteiger partial charge on any atom is 0.337 e. The van der Waals surface area contributed by atoms with Crippen molar-refractivity contribution in [3.8, 4) is 0 Å². The van der Waals surface area contributed by atoms with Crippen molar-refractivity contribution in [2.45, 2.75) is 0 Å². The number of carbonyl (C=O) groups excluding carboxylic acids is 1. The van der Waals surface area contributed by atoms with Gasteiger partial charge >= 0.3 is 5.97 Å². The molecule has 0 aliphatic rings. The summed E-state index contributed by atoms with van der Waals surface area (Å²) < 4.78 is 4.50. The van der Waals surface area contributed by atoms with E-state index in [0.717, 1.165) is 0 Å². The van der Waals surface area contributed by atoms with Crippen LogP contribution in [0.25, 0.3) is 0 Å². The number of hydrogen-bond donors (Lipinski definition) is 1. The van der Waals surface area contributed by atoms with Crippen molar-refractivity contribution in [1.82, 2.24) is 0 Å². The zero-order valence-corrected chi connectivity index (χ0v) is 7.69. The van der Waals surface area contributed by atoms with Crippen LogP contribution in [0, 0.1) is 0 Å². The maximum absolute atomic E-state index is 11.0. The van der Waals surface area contributed by atoms with E-state index < -0.39 is 11.8 Å². The van der Waals surface area contributed by atoms with Gasteiger partial charge in [0.05, 0.1) is 12.7 Å². The van der Waals surface area contributed by atoms with Gasteiger partial charge < -0.3 is 9.84 Å². The fourth-order valence-electron chi connectivity index (χ4n) is 1.05. The van der Waals surface area contributed by atoms with Crippen LogP contribution in [0.2, 0.25) is 0 Å². The Hall–Kier alpha value is -1.78. The minimum atomic E-state index is -0.893. The number of benzene rings is 1. The Balaban J connectivity index is 2.78. The molecule has 0 aliphatic heterocycles. The lowest BCUT2D eigenvalue weighted by molar-refractivity contribution is 0.0600. The molecular weight excluding hydrogens is 183 g/mol. The van der Waals surface area contributed by atoms with E-state index in [9.17, 15) is 9.59 Å².